The van der Waals surface area contributed by atoms with Gasteiger partial charge in [-0.2, -0.15) is 0 Å². The second-order valence-electron chi connectivity index (χ2n) is 8.38. The highest BCUT2D eigenvalue weighted by Crippen LogP contribution is 2.41. The normalized spacial score (nSPS) is 22.1. The van der Waals surface area contributed by atoms with Crippen molar-refractivity contribution in [1.82, 2.24) is 4.68 Å². The van der Waals surface area contributed by atoms with E-state index in [4.69, 9.17) is 0 Å². The molecule has 2 aliphatic rings. The van der Waals surface area contributed by atoms with E-state index in [0.717, 1.165) is 30.2 Å². The van der Waals surface area contributed by atoms with Gasteiger partial charge in [0.05, 0.1) is 12.6 Å². The zero-order valence-electron chi connectivity index (χ0n) is 17.1. The van der Waals surface area contributed by atoms with Gasteiger partial charge in [0.1, 0.15) is 0 Å². The number of alkyl halides is 1. The number of fused-ring (bicyclic) bond motifs is 3. The Morgan fingerprint density at radius 1 is 1.03 bits per heavy atom. The van der Waals surface area contributed by atoms with Crippen molar-refractivity contribution in [1.29, 1.82) is 0 Å². The van der Waals surface area contributed by atoms with Crippen molar-refractivity contribution in [3.63, 3.8) is 0 Å². The highest BCUT2D eigenvalue weighted by atomic mass is 19.2. The molecule has 1 aliphatic heterocycles. The molecule has 32 heavy (non-hydrogen) atoms. The molecule has 0 fully saturated rings. The largest absolute Gasteiger partial charge is 0.503 e. The average Bonchev–Trinajstić information content (AvgIpc) is 2.93. The summed E-state index contributed by atoms with van der Waals surface area (Å²) in [6.07, 6.45) is 1.98. The van der Waals surface area contributed by atoms with Crippen molar-refractivity contribution in [2.75, 3.05) is 11.6 Å². The minimum atomic E-state index is -2.43. The highest BCUT2D eigenvalue weighted by molar-refractivity contribution is 6.04. The molecule has 2 atom stereocenters. The molecular weight excluding hydrogens is 421 g/mol. The summed E-state index contributed by atoms with van der Waals surface area (Å²) in [7, 11) is 0. The monoisotopic (exact) mass is 440 g/mol. The van der Waals surface area contributed by atoms with Gasteiger partial charge in [0, 0.05) is 12.3 Å². The highest BCUT2D eigenvalue weighted by Gasteiger charge is 2.47. The predicted octanol–water partition coefficient (Wildman–Crippen LogP) is 3.58. The third-order valence-electron chi connectivity index (χ3n) is 6.30. The Balaban J connectivity index is 1.83. The Morgan fingerprint density at radius 3 is 2.56 bits per heavy atom. The third kappa shape index (κ3) is 2.86. The summed E-state index contributed by atoms with van der Waals surface area (Å²) in [6.45, 7) is 0.663. The number of rotatable bonds is 1. The van der Waals surface area contributed by atoms with Crippen LogP contribution in [0.5, 0.6) is 5.75 Å². The first-order chi connectivity index (χ1) is 15.2. The maximum atomic E-state index is 15.5. The number of aryl methyl sites for hydroxylation is 1. The maximum Gasteiger partial charge on any atom is 0.224 e. The molecule has 0 radical (unpaired) electrons. The summed E-state index contributed by atoms with van der Waals surface area (Å²) < 4.78 is 45.7. The summed E-state index contributed by atoms with van der Waals surface area (Å²) in [4.78, 5) is 24.8. The van der Waals surface area contributed by atoms with Gasteiger partial charge in [0.2, 0.25) is 11.2 Å². The van der Waals surface area contributed by atoms with Gasteiger partial charge in [-0.3, -0.25) is 19.3 Å². The van der Waals surface area contributed by atoms with Crippen LogP contribution in [0.25, 0.3) is 0 Å². The molecule has 0 saturated carbocycles. The molecule has 8 heteroatoms. The maximum absolute atomic E-state index is 15.5. The second kappa shape index (κ2) is 6.98. The van der Waals surface area contributed by atoms with E-state index in [1.165, 1.54) is 21.9 Å². The Morgan fingerprint density at radius 2 is 1.78 bits per heavy atom. The van der Waals surface area contributed by atoms with E-state index < -0.39 is 52.5 Å². The average molecular weight is 440 g/mol. The minimum absolute atomic E-state index is 0.176. The topological polar surface area (TPSA) is 62.5 Å². The van der Waals surface area contributed by atoms with E-state index >= 15 is 4.39 Å². The van der Waals surface area contributed by atoms with Crippen LogP contribution in [0, 0.1) is 11.6 Å². The van der Waals surface area contributed by atoms with E-state index in [1.54, 1.807) is 6.07 Å². The van der Waals surface area contributed by atoms with Crippen molar-refractivity contribution in [3.8, 4) is 5.75 Å². The van der Waals surface area contributed by atoms with Crippen LogP contribution in [0.15, 0.2) is 53.5 Å². The summed E-state index contributed by atoms with van der Waals surface area (Å²) in [5.41, 5.74) is -1.48. The van der Waals surface area contributed by atoms with Crippen LogP contribution in [-0.2, 0) is 12.8 Å². The molecule has 164 valence electrons. The van der Waals surface area contributed by atoms with Gasteiger partial charge < -0.3 is 5.11 Å². The number of aromatic nitrogens is 1. The fourth-order valence-electron chi connectivity index (χ4n) is 4.75. The number of hydrogen-bond acceptors (Lipinski definition) is 4. The van der Waals surface area contributed by atoms with Crippen LogP contribution >= 0.6 is 0 Å². The quantitative estimate of drug-likeness (QED) is 0.629. The molecule has 0 amide bonds. The number of nitrogens with zero attached hydrogens (tertiary/aromatic N) is 2. The Hall–Kier alpha value is -3.55. The summed E-state index contributed by atoms with van der Waals surface area (Å²) in [6, 6.07) is 10.1. The SMILES string of the molecule is CC1(F)CN(C2c3ccccc3CCc3c2ccc(F)c3F)n2ccc(=O)c(O)c2C1=O. The van der Waals surface area contributed by atoms with E-state index in [2.05, 4.69) is 0 Å². The van der Waals surface area contributed by atoms with Gasteiger partial charge in [0.25, 0.3) is 0 Å². The number of carbonyl (C=O) groups is 1. The molecule has 2 heterocycles. The smallest absolute Gasteiger partial charge is 0.224 e. The molecule has 1 N–H and O–H groups in total. The van der Waals surface area contributed by atoms with Crippen molar-refractivity contribution < 1.29 is 23.1 Å². The Labute approximate surface area is 181 Å². The van der Waals surface area contributed by atoms with Crippen LogP contribution in [0.2, 0.25) is 0 Å². The van der Waals surface area contributed by atoms with Crippen LogP contribution in [-0.4, -0.2) is 27.8 Å². The van der Waals surface area contributed by atoms with Crippen molar-refractivity contribution >= 4 is 5.78 Å². The number of pyridine rings is 1. The third-order valence-corrected chi connectivity index (χ3v) is 6.30. The standard InChI is InChI=1S/C24H19F3N2O3/c1-24(27)12-29(28-11-10-18(30)22(31)21(28)23(24)32)20-14-5-3-2-4-13(14)6-7-15-16(20)8-9-17(25)19(15)26/h2-5,8-11,20,31H,6-7,12H2,1H3. The first-order valence-corrected chi connectivity index (χ1v) is 10.2. The van der Waals surface area contributed by atoms with Gasteiger partial charge in [-0.15, -0.1) is 0 Å². The van der Waals surface area contributed by atoms with Crippen LogP contribution in [0.1, 0.15) is 45.7 Å². The molecule has 3 aromatic rings. The number of benzene rings is 2. The Kier molecular flexibility index (Phi) is 4.44. The zero-order chi connectivity index (χ0) is 22.8. The molecule has 0 bridgehead atoms. The fraction of sp³-hybridized carbons (Fsp3) is 0.250. The van der Waals surface area contributed by atoms with E-state index in [-0.39, 0.29) is 12.0 Å². The minimum Gasteiger partial charge on any atom is -0.503 e. The van der Waals surface area contributed by atoms with Gasteiger partial charge in [0.15, 0.2) is 28.7 Å². The van der Waals surface area contributed by atoms with E-state index in [9.17, 15) is 23.5 Å². The molecule has 0 saturated heterocycles. The van der Waals surface area contributed by atoms with Crippen LogP contribution < -0.4 is 10.4 Å². The molecule has 5 nitrogen and oxygen atoms in total. The molecular formula is C24H19F3N2O3. The van der Waals surface area contributed by atoms with Gasteiger partial charge >= 0.3 is 0 Å². The van der Waals surface area contributed by atoms with E-state index in [0.29, 0.717) is 12.0 Å². The summed E-state index contributed by atoms with van der Waals surface area (Å²) >= 11 is 0. The number of Topliss-reactive ketones (excluding diaryl/α,β-unsaturated/α-hetero) is 1. The van der Waals surface area contributed by atoms with Crippen LogP contribution in [0.4, 0.5) is 13.2 Å². The first-order valence-electron chi connectivity index (χ1n) is 10.2. The molecule has 2 unspecified atom stereocenters. The predicted molar refractivity (Wildman–Crippen MR) is 111 cm³/mol. The number of hydrogen-bond donors (Lipinski definition) is 1. The molecule has 1 aromatic heterocycles. The van der Waals surface area contributed by atoms with Crippen molar-refractivity contribution in [3.05, 3.63) is 98.5 Å². The lowest BCUT2D eigenvalue weighted by Gasteiger charge is -2.43. The lowest BCUT2D eigenvalue weighted by atomic mass is 9.90. The number of ketones is 1. The Bertz CT molecular complexity index is 1330. The van der Waals surface area contributed by atoms with E-state index in [1.807, 2.05) is 18.2 Å². The van der Waals surface area contributed by atoms with Crippen molar-refractivity contribution in [2.24, 2.45) is 0 Å². The first kappa shape index (κ1) is 20.4. The number of aromatic hydroxyl groups is 1. The summed E-state index contributed by atoms with van der Waals surface area (Å²) in [5.74, 6) is -3.80. The lowest BCUT2D eigenvalue weighted by Crippen LogP contribution is -2.56. The van der Waals surface area contributed by atoms with Gasteiger partial charge in [-0.25, -0.2) is 13.2 Å². The van der Waals surface area contributed by atoms with Gasteiger partial charge in [-0.1, -0.05) is 30.3 Å². The molecule has 2 aromatic carbocycles. The molecule has 1 aliphatic carbocycles. The number of carbonyl (C=O) groups excluding carboxylic acids is 1. The second-order valence-corrected chi connectivity index (χ2v) is 8.38. The molecule has 0 spiro atoms. The van der Waals surface area contributed by atoms with Crippen molar-refractivity contribution in [2.45, 2.75) is 31.5 Å². The van der Waals surface area contributed by atoms with Gasteiger partial charge in [-0.05, 0) is 48.1 Å². The molecule has 5 rings (SSSR count). The number of halogens is 3. The lowest BCUT2D eigenvalue weighted by molar-refractivity contribution is 0.0662. The zero-order valence-corrected chi connectivity index (χ0v) is 17.1. The fourth-order valence-corrected chi connectivity index (χ4v) is 4.75. The van der Waals surface area contributed by atoms with Crippen LogP contribution in [0.3, 0.4) is 0 Å². The summed E-state index contributed by atoms with van der Waals surface area (Å²) in [5, 5.41) is 11.8.